The summed E-state index contributed by atoms with van der Waals surface area (Å²) in [6.07, 6.45) is 0.00836. The zero-order chi connectivity index (χ0) is 17.8. The van der Waals surface area contributed by atoms with Gasteiger partial charge in [0.25, 0.3) is 0 Å². The summed E-state index contributed by atoms with van der Waals surface area (Å²) >= 11 is 0. The summed E-state index contributed by atoms with van der Waals surface area (Å²) in [6.45, 7) is 2.36. The number of benzene rings is 1. The molecule has 2 saturated heterocycles. The minimum absolute atomic E-state index is 0.00836. The molecule has 0 saturated carbocycles. The van der Waals surface area contributed by atoms with Crippen molar-refractivity contribution in [3.8, 4) is 0 Å². The van der Waals surface area contributed by atoms with E-state index >= 15 is 0 Å². The fourth-order valence-corrected chi connectivity index (χ4v) is 3.19. The molecule has 7 nitrogen and oxygen atoms in total. The van der Waals surface area contributed by atoms with Crippen LogP contribution in [0, 0.1) is 5.82 Å². The van der Waals surface area contributed by atoms with Crippen molar-refractivity contribution in [2.75, 3.05) is 32.7 Å². The van der Waals surface area contributed by atoms with E-state index in [1.165, 1.54) is 17.0 Å². The lowest BCUT2D eigenvalue weighted by Crippen LogP contribution is -2.57. The largest absolute Gasteiger partial charge is 0.353 e. The number of carbonyl (C=O) groups is 3. The molecule has 0 radical (unpaired) electrons. The highest BCUT2D eigenvalue weighted by Crippen LogP contribution is 2.16. The highest BCUT2D eigenvalue weighted by molar-refractivity contribution is 5.91. The number of nitrogens with zero attached hydrogens (tertiary/aromatic N) is 2. The molecule has 1 aromatic carbocycles. The van der Waals surface area contributed by atoms with Crippen molar-refractivity contribution >= 4 is 17.7 Å². The lowest BCUT2D eigenvalue weighted by atomic mass is 10.1. The molecule has 1 aromatic rings. The summed E-state index contributed by atoms with van der Waals surface area (Å²) in [5.74, 6) is -0.950. The van der Waals surface area contributed by atoms with Crippen LogP contribution in [0.2, 0.25) is 0 Å². The Bertz CT molecular complexity index is 682. The van der Waals surface area contributed by atoms with Crippen LogP contribution in [0.5, 0.6) is 0 Å². The minimum Gasteiger partial charge on any atom is -0.353 e. The van der Waals surface area contributed by atoms with Gasteiger partial charge in [0.1, 0.15) is 5.82 Å². The number of carbonyl (C=O) groups excluding carboxylic acids is 3. The fraction of sp³-hybridized carbons (Fsp3) is 0.471. The predicted molar refractivity (Wildman–Crippen MR) is 87.8 cm³/mol. The molecule has 1 atom stereocenters. The van der Waals surface area contributed by atoms with Gasteiger partial charge in [0.2, 0.25) is 17.7 Å². The van der Waals surface area contributed by atoms with Crippen LogP contribution in [-0.2, 0) is 20.9 Å². The van der Waals surface area contributed by atoms with E-state index in [0.29, 0.717) is 32.7 Å². The molecule has 2 aliphatic heterocycles. The van der Waals surface area contributed by atoms with E-state index in [0.717, 1.165) is 5.56 Å². The maximum absolute atomic E-state index is 13.4. The normalized spacial score (nSPS) is 21.6. The lowest BCUT2D eigenvalue weighted by Gasteiger charge is -2.36. The molecular formula is C17H21FN4O3. The van der Waals surface area contributed by atoms with Gasteiger partial charge in [-0.25, -0.2) is 4.39 Å². The standard InChI is InChI=1S/C17H21FN4O3/c18-13-3-1-2-12(8-13)10-21-6-5-20-17(25)14(21)9-16(24)22-7-4-19-15(23)11-22/h1-3,8,14H,4-7,9-11H2,(H,19,23)(H,20,25). The highest BCUT2D eigenvalue weighted by atomic mass is 19.1. The van der Waals surface area contributed by atoms with E-state index in [9.17, 15) is 18.8 Å². The van der Waals surface area contributed by atoms with Crippen LogP contribution < -0.4 is 10.6 Å². The second-order valence-electron chi connectivity index (χ2n) is 6.28. The second-order valence-corrected chi connectivity index (χ2v) is 6.28. The van der Waals surface area contributed by atoms with E-state index in [4.69, 9.17) is 0 Å². The van der Waals surface area contributed by atoms with Crippen molar-refractivity contribution in [2.45, 2.75) is 19.0 Å². The summed E-state index contributed by atoms with van der Waals surface area (Å²) in [7, 11) is 0. The van der Waals surface area contributed by atoms with Gasteiger partial charge in [0.15, 0.2) is 0 Å². The monoisotopic (exact) mass is 348 g/mol. The molecule has 2 aliphatic rings. The SMILES string of the molecule is O=C1CN(C(=O)CC2C(=O)NCCN2Cc2cccc(F)c2)CCN1. The summed E-state index contributed by atoms with van der Waals surface area (Å²) in [5.41, 5.74) is 0.754. The van der Waals surface area contributed by atoms with E-state index in [-0.39, 0.29) is 36.5 Å². The zero-order valence-corrected chi connectivity index (χ0v) is 13.8. The first kappa shape index (κ1) is 17.3. The van der Waals surface area contributed by atoms with Gasteiger partial charge in [0.05, 0.1) is 19.0 Å². The molecule has 3 amide bonds. The van der Waals surface area contributed by atoms with Gasteiger partial charge in [-0.3, -0.25) is 19.3 Å². The average molecular weight is 348 g/mol. The molecule has 0 aliphatic carbocycles. The van der Waals surface area contributed by atoms with Crippen molar-refractivity contribution in [3.63, 3.8) is 0 Å². The maximum Gasteiger partial charge on any atom is 0.239 e. The van der Waals surface area contributed by atoms with E-state index in [1.807, 2.05) is 4.90 Å². The molecule has 2 heterocycles. The number of hydrogen-bond acceptors (Lipinski definition) is 4. The van der Waals surface area contributed by atoms with Crippen LogP contribution in [0.4, 0.5) is 4.39 Å². The first-order valence-electron chi connectivity index (χ1n) is 8.33. The Hall–Kier alpha value is -2.48. The predicted octanol–water partition coefficient (Wildman–Crippen LogP) is -0.525. The number of amides is 3. The van der Waals surface area contributed by atoms with E-state index in [1.54, 1.807) is 12.1 Å². The van der Waals surface area contributed by atoms with Crippen molar-refractivity contribution in [3.05, 3.63) is 35.6 Å². The molecular weight excluding hydrogens is 327 g/mol. The van der Waals surface area contributed by atoms with Crippen molar-refractivity contribution in [1.82, 2.24) is 20.4 Å². The van der Waals surface area contributed by atoms with Crippen molar-refractivity contribution in [2.24, 2.45) is 0 Å². The fourth-order valence-electron chi connectivity index (χ4n) is 3.19. The number of hydrogen-bond donors (Lipinski definition) is 2. The molecule has 8 heteroatoms. The minimum atomic E-state index is -0.616. The smallest absolute Gasteiger partial charge is 0.239 e. The Labute approximate surface area is 145 Å². The molecule has 0 bridgehead atoms. The third kappa shape index (κ3) is 4.33. The summed E-state index contributed by atoms with van der Waals surface area (Å²) < 4.78 is 13.4. The first-order valence-corrected chi connectivity index (χ1v) is 8.33. The Morgan fingerprint density at radius 2 is 2.00 bits per heavy atom. The van der Waals surface area contributed by atoms with Crippen LogP contribution in [0.25, 0.3) is 0 Å². The number of piperazine rings is 2. The summed E-state index contributed by atoms with van der Waals surface area (Å²) in [4.78, 5) is 39.6. The van der Waals surface area contributed by atoms with Gasteiger partial charge in [-0.2, -0.15) is 0 Å². The van der Waals surface area contributed by atoms with Crippen LogP contribution >= 0.6 is 0 Å². The van der Waals surface area contributed by atoms with Gasteiger partial charge in [-0.05, 0) is 17.7 Å². The lowest BCUT2D eigenvalue weighted by molar-refractivity contribution is -0.142. The Balaban J connectivity index is 1.68. The Morgan fingerprint density at radius 3 is 2.76 bits per heavy atom. The van der Waals surface area contributed by atoms with E-state index in [2.05, 4.69) is 10.6 Å². The molecule has 2 fully saturated rings. The first-order chi connectivity index (χ1) is 12.0. The van der Waals surface area contributed by atoms with E-state index < -0.39 is 6.04 Å². The molecule has 3 rings (SSSR count). The molecule has 2 N–H and O–H groups in total. The quantitative estimate of drug-likeness (QED) is 0.767. The van der Waals surface area contributed by atoms with Gasteiger partial charge < -0.3 is 15.5 Å². The van der Waals surface area contributed by atoms with Crippen LogP contribution in [0.15, 0.2) is 24.3 Å². The number of nitrogens with one attached hydrogen (secondary N) is 2. The van der Waals surface area contributed by atoms with Crippen LogP contribution in [0.3, 0.4) is 0 Å². The van der Waals surface area contributed by atoms with Gasteiger partial charge in [0, 0.05) is 32.7 Å². The topological polar surface area (TPSA) is 81.8 Å². The third-order valence-corrected chi connectivity index (χ3v) is 4.48. The number of rotatable bonds is 4. The molecule has 134 valence electrons. The Morgan fingerprint density at radius 1 is 1.20 bits per heavy atom. The van der Waals surface area contributed by atoms with Crippen molar-refractivity contribution < 1.29 is 18.8 Å². The van der Waals surface area contributed by atoms with Gasteiger partial charge >= 0.3 is 0 Å². The van der Waals surface area contributed by atoms with Gasteiger partial charge in [-0.1, -0.05) is 12.1 Å². The molecule has 25 heavy (non-hydrogen) atoms. The molecule has 1 unspecified atom stereocenters. The molecule has 0 spiro atoms. The Kier molecular flexibility index (Phi) is 5.28. The van der Waals surface area contributed by atoms with Crippen LogP contribution in [-0.4, -0.2) is 66.3 Å². The highest BCUT2D eigenvalue weighted by Gasteiger charge is 2.33. The summed E-state index contributed by atoms with van der Waals surface area (Å²) in [5, 5.41) is 5.44. The zero-order valence-electron chi connectivity index (χ0n) is 13.8. The van der Waals surface area contributed by atoms with Gasteiger partial charge in [-0.15, -0.1) is 0 Å². The summed E-state index contributed by atoms with van der Waals surface area (Å²) in [6, 6.07) is 5.61. The second kappa shape index (κ2) is 7.60. The third-order valence-electron chi connectivity index (χ3n) is 4.48. The average Bonchev–Trinajstić information content (AvgIpc) is 2.58. The van der Waals surface area contributed by atoms with Crippen molar-refractivity contribution in [1.29, 1.82) is 0 Å². The molecule has 0 aromatic heterocycles. The maximum atomic E-state index is 13.4. The van der Waals surface area contributed by atoms with Crippen LogP contribution in [0.1, 0.15) is 12.0 Å². The number of halogens is 1.